The average Bonchev–Trinajstić information content (AvgIpc) is 2.49. The van der Waals surface area contributed by atoms with E-state index in [-0.39, 0.29) is 21.9 Å². The monoisotopic (exact) mass is 322 g/mol. The lowest BCUT2D eigenvalue weighted by atomic mass is 10.1. The van der Waals surface area contributed by atoms with Crippen LogP contribution in [-0.2, 0) is 4.74 Å². The zero-order chi connectivity index (χ0) is 16.3. The molecule has 0 saturated carbocycles. The van der Waals surface area contributed by atoms with E-state index in [1.165, 1.54) is 37.3 Å². The van der Waals surface area contributed by atoms with Crippen LogP contribution < -0.4 is 0 Å². The molecule has 4 nitrogen and oxygen atoms in total. The van der Waals surface area contributed by atoms with Crippen molar-refractivity contribution in [3.8, 4) is 5.75 Å². The Morgan fingerprint density at radius 1 is 1.18 bits per heavy atom. The van der Waals surface area contributed by atoms with E-state index in [0.717, 1.165) is 12.1 Å². The van der Waals surface area contributed by atoms with Gasteiger partial charge in [-0.15, -0.1) is 0 Å². The van der Waals surface area contributed by atoms with Crippen LogP contribution in [-0.4, -0.2) is 23.0 Å². The Labute approximate surface area is 131 Å². The van der Waals surface area contributed by atoms with Gasteiger partial charge in [-0.1, -0.05) is 11.6 Å². The third-order valence-corrected chi connectivity index (χ3v) is 3.20. The lowest BCUT2D eigenvalue weighted by Gasteiger charge is -2.13. The second kappa shape index (κ2) is 6.58. The highest BCUT2D eigenvalue weighted by molar-refractivity contribution is 6.31. The molecular formula is C16H12ClFO4. The standard InChI is InChI=1S/C16H12ClFO4/c1-9(15(20)10-2-5-12(18)6-3-10)22-16(21)13-8-11(17)4-7-14(13)19/h2-9,19H,1H3/t9-/m0/s1. The van der Waals surface area contributed by atoms with Crippen molar-refractivity contribution >= 4 is 23.4 Å². The van der Waals surface area contributed by atoms with E-state index in [4.69, 9.17) is 16.3 Å². The third-order valence-electron chi connectivity index (χ3n) is 2.96. The first-order chi connectivity index (χ1) is 10.4. The van der Waals surface area contributed by atoms with E-state index in [1.807, 2.05) is 0 Å². The van der Waals surface area contributed by atoms with Gasteiger partial charge in [-0.3, -0.25) is 4.79 Å². The summed E-state index contributed by atoms with van der Waals surface area (Å²) in [6, 6.07) is 8.81. The molecule has 1 atom stereocenters. The van der Waals surface area contributed by atoms with Crippen molar-refractivity contribution in [3.05, 3.63) is 64.4 Å². The van der Waals surface area contributed by atoms with Gasteiger partial charge in [0.15, 0.2) is 6.10 Å². The lowest BCUT2D eigenvalue weighted by molar-refractivity contribution is 0.0316. The molecule has 0 aliphatic heterocycles. The highest BCUT2D eigenvalue weighted by atomic mass is 35.5. The first-order valence-electron chi connectivity index (χ1n) is 6.38. The second-order valence-electron chi connectivity index (χ2n) is 4.58. The molecule has 0 bridgehead atoms. The Balaban J connectivity index is 2.12. The summed E-state index contributed by atoms with van der Waals surface area (Å²) < 4.78 is 17.8. The molecule has 0 saturated heterocycles. The van der Waals surface area contributed by atoms with Crippen LogP contribution in [0.25, 0.3) is 0 Å². The number of aromatic hydroxyl groups is 1. The SMILES string of the molecule is C[C@H](OC(=O)c1cc(Cl)ccc1O)C(=O)c1ccc(F)cc1. The predicted octanol–water partition coefficient (Wildman–Crippen LogP) is 3.61. The Bertz CT molecular complexity index is 713. The topological polar surface area (TPSA) is 63.6 Å². The Hall–Kier alpha value is -2.40. The molecule has 2 aromatic carbocycles. The van der Waals surface area contributed by atoms with E-state index in [0.29, 0.717) is 0 Å². The number of hydrogen-bond acceptors (Lipinski definition) is 4. The second-order valence-corrected chi connectivity index (χ2v) is 5.02. The van der Waals surface area contributed by atoms with Gasteiger partial charge in [0.05, 0.1) is 0 Å². The maximum absolute atomic E-state index is 12.8. The molecule has 22 heavy (non-hydrogen) atoms. The zero-order valence-corrected chi connectivity index (χ0v) is 12.3. The van der Waals surface area contributed by atoms with Gasteiger partial charge in [0.25, 0.3) is 0 Å². The third kappa shape index (κ3) is 3.62. The van der Waals surface area contributed by atoms with Gasteiger partial charge in [0, 0.05) is 10.6 Å². The first kappa shape index (κ1) is 16.0. The highest BCUT2D eigenvalue weighted by Crippen LogP contribution is 2.23. The Morgan fingerprint density at radius 3 is 2.45 bits per heavy atom. The summed E-state index contributed by atoms with van der Waals surface area (Å²) in [5.74, 6) is -2.11. The molecule has 0 aliphatic carbocycles. The minimum absolute atomic E-state index is 0.133. The molecule has 114 valence electrons. The summed E-state index contributed by atoms with van der Waals surface area (Å²) in [5, 5.41) is 9.87. The number of Topliss-reactive ketones (excluding diaryl/α,β-unsaturated/α-hetero) is 1. The van der Waals surface area contributed by atoms with Crippen molar-refractivity contribution in [2.24, 2.45) is 0 Å². The molecule has 2 rings (SSSR count). The number of carbonyl (C=O) groups is 2. The summed E-state index contributed by atoms with van der Waals surface area (Å²) >= 11 is 5.75. The van der Waals surface area contributed by atoms with E-state index in [9.17, 15) is 19.1 Å². The maximum atomic E-state index is 12.8. The van der Waals surface area contributed by atoms with E-state index < -0.39 is 23.7 Å². The van der Waals surface area contributed by atoms with Crippen LogP contribution in [0.3, 0.4) is 0 Å². The number of carbonyl (C=O) groups excluding carboxylic acids is 2. The molecule has 0 fully saturated rings. The fraction of sp³-hybridized carbons (Fsp3) is 0.125. The quantitative estimate of drug-likeness (QED) is 0.690. The van der Waals surface area contributed by atoms with Crippen molar-refractivity contribution in [2.45, 2.75) is 13.0 Å². The number of rotatable bonds is 4. The van der Waals surface area contributed by atoms with Crippen molar-refractivity contribution in [3.63, 3.8) is 0 Å². The summed E-state index contributed by atoms with van der Waals surface area (Å²) in [4.78, 5) is 24.1. The molecule has 6 heteroatoms. The van der Waals surface area contributed by atoms with Gasteiger partial charge in [0.2, 0.25) is 5.78 Å². The van der Waals surface area contributed by atoms with E-state index in [2.05, 4.69) is 0 Å². The summed E-state index contributed by atoms with van der Waals surface area (Å²) in [5.41, 5.74) is 0.0864. The van der Waals surface area contributed by atoms with Gasteiger partial charge in [-0.05, 0) is 49.4 Å². The van der Waals surface area contributed by atoms with Gasteiger partial charge in [-0.25, -0.2) is 9.18 Å². The Morgan fingerprint density at radius 2 is 1.82 bits per heavy atom. The zero-order valence-electron chi connectivity index (χ0n) is 11.5. The maximum Gasteiger partial charge on any atom is 0.342 e. The normalized spacial score (nSPS) is 11.8. The van der Waals surface area contributed by atoms with Crippen LogP contribution in [0.2, 0.25) is 5.02 Å². The van der Waals surface area contributed by atoms with Gasteiger partial charge in [-0.2, -0.15) is 0 Å². The summed E-state index contributed by atoms with van der Waals surface area (Å²) in [7, 11) is 0. The van der Waals surface area contributed by atoms with Gasteiger partial charge >= 0.3 is 5.97 Å². The van der Waals surface area contributed by atoms with Gasteiger partial charge in [0.1, 0.15) is 17.1 Å². The van der Waals surface area contributed by atoms with Crippen LogP contribution in [0.1, 0.15) is 27.6 Å². The fourth-order valence-corrected chi connectivity index (χ4v) is 1.97. The first-order valence-corrected chi connectivity index (χ1v) is 6.75. The van der Waals surface area contributed by atoms with Crippen LogP contribution in [0.4, 0.5) is 4.39 Å². The molecule has 0 aliphatic rings. The number of halogens is 2. The van der Waals surface area contributed by atoms with Gasteiger partial charge < -0.3 is 9.84 Å². The van der Waals surface area contributed by atoms with E-state index in [1.54, 1.807) is 0 Å². The van der Waals surface area contributed by atoms with Crippen LogP contribution in [0.15, 0.2) is 42.5 Å². The van der Waals surface area contributed by atoms with Crippen LogP contribution in [0.5, 0.6) is 5.75 Å². The lowest BCUT2D eigenvalue weighted by Crippen LogP contribution is -2.24. The van der Waals surface area contributed by atoms with Crippen molar-refractivity contribution in [2.75, 3.05) is 0 Å². The smallest absolute Gasteiger partial charge is 0.342 e. The predicted molar refractivity (Wildman–Crippen MR) is 78.7 cm³/mol. The van der Waals surface area contributed by atoms with E-state index >= 15 is 0 Å². The van der Waals surface area contributed by atoms with Crippen molar-refractivity contribution in [1.82, 2.24) is 0 Å². The average molecular weight is 323 g/mol. The number of phenolic OH excluding ortho intramolecular Hbond substituents is 1. The minimum Gasteiger partial charge on any atom is -0.507 e. The number of esters is 1. The fourth-order valence-electron chi connectivity index (χ4n) is 1.80. The number of ketones is 1. The Kier molecular flexibility index (Phi) is 4.78. The molecule has 2 aromatic rings. The largest absolute Gasteiger partial charge is 0.507 e. The number of phenols is 1. The molecule has 0 unspecified atom stereocenters. The molecule has 1 N–H and O–H groups in total. The molecule has 0 aromatic heterocycles. The molecule has 0 spiro atoms. The summed E-state index contributed by atoms with van der Waals surface area (Å²) in [6.07, 6.45) is -1.09. The minimum atomic E-state index is -1.09. The van der Waals surface area contributed by atoms with Crippen LogP contribution >= 0.6 is 11.6 Å². The van der Waals surface area contributed by atoms with Crippen LogP contribution in [0, 0.1) is 5.82 Å². The molecule has 0 radical (unpaired) electrons. The van der Waals surface area contributed by atoms with Crippen molar-refractivity contribution in [1.29, 1.82) is 0 Å². The molecular weight excluding hydrogens is 311 g/mol. The van der Waals surface area contributed by atoms with Crippen molar-refractivity contribution < 1.29 is 23.8 Å². The number of hydrogen-bond donors (Lipinski definition) is 1. The highest BCUT2D eigenvalue weighted by Gasteiger charge is 2.22. The molecule has 0 amide bonds. The number of ether oxygens (including phenoxy) is 1. The number of benzene rings is 2. The molecule has 0 heterocycles. The summed E-state index contributed by atoms with van der Waals surface area (Å²) in [6.45, 7) is 1.39.